The van der Waals surface area contributed by atoms with E-state index in [4.69, 9.17) is 14.3 Å². The zero-order valence-corrected chi connectivity index (χ0v) is 22.1. The molecule has 3 aromatic carbocycles. The molecule has 0 atom stereocenters. The van der Waals surface area contributed by atoms with Crippen LogP contribution in [-0.4, -0.2) is 57.5 Å². The average Bonchev–Trinajstić information content (AvgIpc) is 2.91. The van der Waals surface area contributed by atoms with E-state index in [1.165, 1.54) is 16.7 Å². The van der Waals surface area contributed by atoms with Crippen LogP contribution in [0.15, 0.2) is 84.0 Å². The van der Waals surface area contributed by atoms with Crippen LogP contribution in [0.4, 0.5) is 0 Å². The lowest BCUT2D eigenvalue weighted by molar-refractivity contribution is -0.148. The van der Waals surface area contributed by atoms with Gasteiger partial charge in [0.2, 0.25) is 6.61 Å². The van der Waals surface area contributed by atoms with Gasteiger partial charge in [-0.1, -0.05) is 78.8 Å². The number of likely N-dealkylation sites (N-methyl/N-ethyl adjacent to an activating group) is 1. The standard InChI is InChI=1S/C31H36N2O4/c1-5-29(25-10-8-7-9-11-25)31(27-16-18-28(19-17-27)36-21-20-33(3)4)26-14-12-24(13-15-26)22-32-37-23-30(34)35-6-2/h7-19,22H,5-6,20-21,23H2,1-4H3. The molecule has 3 aromatic rings. The third kappa shape index (κ3) is 8.62. The van der Waals surface area contributed by atoms with Crippen LogP contribution in [0, 0.1) is 0 Å². The molecule has 194 valence electrons. The van der Waals surface area contributed by atoms with E-state index < -0.39 is 5.97 Å². The predicted octanol–water partition coefficient (Wildman–Crippen LogP) is 5.91. The quantitative estimate of drug-likeness (QED) is 0.126. The minimum absolute atomic E-state index is 0.207. The van der Waals surface area contributed by atoms with Crippen molar-refractivity contribution >= 4 is 23.3 Å². The molecule has 0 fully saturated rings. The molecule has 0 spiro atoms. The SMILES string of the molecule is CCOC(=O)CON=Cc1ccc(C(=C(CC)c2ccccc2)c2ccc(OCCN(C)C)cc2)cc1. The molecular formula is C31H36N2O4. The van der Waals surface area contributed by atoms with Crippen LogP contribution in [-0.2, 0) is 14.4 Å². The van der Waals surface area contributed by atoms with Crippen molar-refractivity contribution in [3.05, 3.63) is 101 Å². The number of hydrogen-bond donors (Lipinski definition) is 0. The summed E-state index contributed by atoms with van der Waals surface area (Å²) in [5, 5.41) is 3.89. The summed E-state index contributed by atoms with van der Waals surface area (Å²) in [5.74, 6) is 0.420. The van der Waals surface area contributed by atoms with Crippen molar-refractivity contribution in [2.45, 2.75) is 20.3 Å². The number of carbonyl (C=O) groups is 1. The summed E-state index contributed by atoms with van der Waals surface area (Å²) in [6, 6.07) is 26.9. The minimum atomic E-state index is -0.438. The Hall–Kier alpha value is -3.90. The van der Waals surface area contributed by atoms with Gasteiger partial charge in [-0.3, -0.25) is 0 Å². The van der Waals surface area contributed by atoms with Crippen LogP contribution in [0.1, 0.15) is 42.5 Å². The van der Waals surface area contributed by atoms with Gasteiger partial charge >= 0.3 is 5.97 Å². The van der Waals surface area contributed by atoms with Crippen LogP contribution >= 0.6 is 0 Å². The number of carbonyl (C=O) groups excluding carboxylic acids is 1. The number of hydrogen-bond acceptors (Lipinski definition) is 6. The van der Waals surface area contributed by atoms with E-state index in [1.54, 1.807) is 13.1 Å². The van der Waals surface area contributed by atoms with Crippen LogP contribution in [0.3, 0.4) is 0 Å². The molecule has 0 saturated carbocycles. The Bertz CT molecular complexity index is 1170. The molecule has 6 heteroatoms. The lowest BCUT2D eigenvalue weighted by atomic mass is 9.88. The molecule has 0 bridgehead atoms. The fourth-order valence-electron chi connectivity index (χ4n) is 3.87. The zero-order valence-electron chi connectivity index (χ0n) is 22.1. The summed E-state index contributed by atoms with van der Waals surface area (Å²) in [6.07, 6.45) is 2.47. The molecule has 0 aromatic heterocycles. The van der Waals surface area contributed by atoms with E-state index in [9.17, 15) is 4.79 Å². The van der Waals surface area contributed by atoms with Crippen LogP contribution in [0.5, 0.6) is 5.75 Å². The lowest BCUT2D eigenvalue weighted by Crippen LogP contribution is -2.19. The monoisotopic (exact) mass is 500 g/mol. The van der Waals surface area contributed by atoms with Gasteiger partial charge in [0, 0.05) is 6.54 Å². The topological polar surface area (TPSA) is 60.4 Å². The van der Waals surface area contributed by atoms with Gasteiger partial charge in [0.15, 0.2) is 0 Å². The fourth-order valence-corrected chi connectivity index (χ4v) is 3.87. The first-order chi connectivity index (χ1) is 18.0. The van der Waals surface area contributed by atoms with E-state index in [1.807, 2.05) is 44.4 Å². The van der Waals surface area contributed by atoms with Gasteiger partial charge in [-0.05, 0) is 73.0 Å². The average molecular weight is 501 g/mol. The number of ether oxygens (including phenoxy) is 2. The molecule has 0 aliphatic heterocycles. The summed E-state index contributed by atoms with van der Waals surface area (Å²) >= 11 is 0. The highest BCUT2D eigenvalue weighted by atomic mass is 16.6. The van der Waals surface area contributed by atoms with Gasteiger partial charge in [0.25, 0.3) is 0 Å². The van der Waals surface area contributed by atoms with Crippen molar-refractivity contribution in [2.24, 2.45) is 5.16 Å². The zero-order chi connectivity index (χ0) is 26.5. The second-order valence-electron chi connectivity index (χ2n) is 8.68. The molecule has 0 N–H and O–H groups in total. The van der Waals surface area contributed by atoms with Crippen LogP contribution in [0.25, 0.3) is 11.1 Å². The Balaban J connectivity index is 1.88. The van der Waals surface area contributed by atoms with Gasteiger partial charge in [0.05, 0.1) is 12.8 Å². The number of rotatable bonds is 13. The van der Waals surface area contributed by atoms with E-state index in [-0.39, 0.29) is 6.61 Å². The molecular weight excluding hydrogens is 464 g/mol. The van der Waals surface area contributed by atoms with Crippen molar-refractivity contribution in [1.29, 1.82) is 0 Å². The summed E-state index contributed by atoms with van der Waals surface area (Å²) in [7, 11) is 4.07. The molecule has 3 rings (SSSR count). The van der Waals surface area contributed by atoms with Crippen LogP contribution in [0.2, 0.25) is 0 Å². The Labute approximate surface area is 220 Å². The number of esters is 1. The van der Waals surface area contributed by atoms with Gasteiger partial charge in [-0.2, -0.15) is 0 Å². The second-order valence-corrected chi connectivity index (χ2v) is 8.68. The summed E-state index contributed by atoms with van der Waals surface area (Å²) in [5.41, 5.74) is 6.74. The van der Waals surface area contributed by atoms with E-state index in [0.717, 1.165) is 35.4 Å². The lowest BCUT2D eigenvalue weighted by Gasteiger charge is -2.17. The Kier molecular flexibility index (Phi) is 10.9. The summed E-state index contributed by atoms with van der Waals surface area (Å²) in [6.45, 7) is 5.56. The molecule has 0 unspecified atom stereocenters. The first-order valence-electron chi connectivity index (χ1n) is 12.6. The van der Waals surface area contributed by atoms with Gasteiger partial charge in [-0.15, -0.1) is 0 Å². The third-order valence-electron chi connectivity index (χ3n) is 5.69. The van der Waals surface area contributed by atoms with E-state index in [0.29, 0.717) is 13.2 Å². The van der Waals surface area contributed by atoms with Gasteiger partial charge in [-0.25, -0.2) is 4.79 Å². The van der Waals surface area contributed by atoms with Crippen LogP contribution < -0.4 is 4.74 Å². The maximum Gasteiger partial charge on any atom is 0.347 e. The predicted molar refractivity (Wildman–Crippen MR) is 150 cm³/mol. The summed E-state index contributed by atoms with van der Waals surface area (Å²) in [4.78, 5) is 18.5. The largest absolute Gasteiger partial charge is 0.492 e. The molecule has 0 saturated heterocycles. The molecule has 0 radical (unpaired) electrons. The molecule has 6 nitrogen and oxygen atoms in total. The molecule has 0 aliphatic rings. The number of benzene rings is 3. The Morgan fingerprint density at radius 2 is 1.51 bits per heavy atom. The number of allylic oxidation sites excluding steroid dienone is 1. The van der Waals surface area contributed by atoms with Crippen molar-refractivity contribution in [3.63, 3.8) is 0 Å². The highest BCUT2D eigenvalue weighted by Crippen LogP contribution is 2.35. The maximum absolute atomic E-state index is 11.4. The molecule has 0 amide bonds. The normalized spacial score (nSPS) is 11.9. The fraction of sp³-hybridized carbons (Fsp3) is 0.290. The number of oxime groups is 1. The number of nitrogens with zero attached hydrogens (tertiary/aromatic N) is 2. The second kappa shape index (κ2) is 14.6. The third-order valence-corrected chi connectivity index (χ3v) is 5.69. The van der Waals surface area contributed by atoms with E-state index >= 15 is 0 Å². The van der Waals surface area contributed by atoms with Crippen molar-refractivity contribution in [1.82, 2.24) is 4.90 Å². The van der Waals surface area contributed by atoms with Crippen molar-refractivity contribution in [3.8, 4) is 5.75 Å². The molecule has 0 aliphatic carbocycles. The Morgan fingerprint density at radius 1 is 0.865 bits per heavy atom. The highest BCUT2D eigenvalue weighted by molar-refractivity contribution is 5.99. The first kappa shape index (κ1) is 27.7. The van der Waals surface area contributed by atoms with E-state index in [2.05, 4.69) is 65.5 Å². The van der Waals surface area contributed by atoms with Gasteiger partial charge in [0.1, 0.15) is 12.4 Å². The van der Waals surface area contributed by atoms with Crippen molar-refractivity contribution in [2.75, 3.05) is 40.5 Å². The molecule has 37 heavy (non-hydrogen) atoms. The first-order valence-corrected chi connectivity index (χ1v) is 12.6. The smallest absolute Gasteiger partial charge is 0.347 e. The minimum Gasteiger partial charge on any atom is -0.492 e. The van der Waals surface area contributed by atoms with Crippen molar-refractivity contribution < 1.29 is 19.1 Å². The summed E-state index contributed by atoms with van der Waals surface area (Å²) < 4.78 is 10.7. The molecule has 0 heterocycles. The maximum atomic E-state index is 11.4. The Morgan fingerprint density at radius 3 is 2.11 bits per heavy atom. The highest BCUT2D eigenvalue weighted by Gasteiger charge is 2.13. The van der Waals surface area contributed by atoms with Gasteiger partial charge < -0.3 is 19.2 Å².